The van der Waals surface area contributed by atoms with E-state index in [1.807, 2.05) is 0 Å². The standard InChI is InChI=1S/C11H11N3O2S2/c1-2-16-10(15)7-4-3-5-8(12)9(7)17-11-13-6-14-18-11/h3-6H,2,12H2,1H3. The van der Waals surface area contributed by atoms with Crippen LogP contribution in [0.3, 0.4) is 0 Å². The van der Waals surface area contributed by atoms with E-state index >= 15 is 0 Å². The van der Waals surface area contributed by atoms with Crippen molar-refractivity contribution >= 4 is 35.0 Å². The van der Waals surface area contributed by atoms with Gasteiger partial charge in [0.1, 0.15) is 6.33 Å². The third-order valence-electron chi connectivity index (χ3n) is 2.07. The van der Waals surface area contributed by atoms with Crippen molar-refractivity contribution in [2.75, 3.05) is 12.3 Å². The second kappa shape index (κ2) is 5.83. The molecule has 1 heterocycles. The fraction of sp³-hybridized carbons (Fsp3) is 0.182. The second-order valence-electron chi connectivity index (χ2n) is 3.25. The van der Waals surface area contributed by atoms with Crippen LogP contribution in [0.25, 0.3) is 0 Å². The summed E-state index contributed by atoms with van der Waals surface area (Å²) in [6, 6.07) is 5.16. The summed E-state index contributed by atoms with van der Waals surface area (Å²) in [4.78, 5) is 16.5. The minimum absolute atomic E-state index is 0.330. The minimum Gasteiger partial charge on any atom is -0.462 e. The largest absolute Gasteiger partial charge is 0.462 e. The number of carbonyl (C=O) groups excluding carboxylic acids is 1. The Bertz CT molecular complexity index is 543. The first-order valence-corrected chi connectivity index (χ1v) is 6.81. The van der Waals surface area contributed by atoms with Crippen LogP contribution in [0.1, 0.15) is 17.3 Å². The topological polar surface area (TPSA) is 78.1 Å². The Balaban J connectivity index is 2.35. The lowest BCUT2D eigenvalue weighted by Crippen LogP contribution is -2.07. The van der Waals surface area contributed by atoms with Crippen LogP contribution in [0.4, 0.5) is 5.69 Å². The van der Waals surface area contributed by atoms with E-state index in [9.17, 15) is 4.79 Å². The normalized spacial score (nSPS) is 10.3. The number of aromatic nitrogens is 2. The van der Waals surface area contributed by atoms with E-state index in [1.165, 1.54) is 29.6 Å². The Hall–Kier alpha value is -1.60. The summed E-state index contributed by atoms with van der Waals surface area (Å²) in [5, 5.41) is 0. The number of hydrogen-bond donors (Lipinski definition) is 1. The van der Waals surface area contributed by atoms with Crippen LogP contribution in [0.2, 0.25) is 0 Å². The second-order valence-corrected chi connectivity index (χ2v) is 5.29. The molecule has 94 valence electrons. The number of hydrogen-bond acceptors (Lipinski definition) is 7. The molecule has 18 heavy (non-hydrogen) atoms. The highest BCUT2D eigenvalue weighted by Crippen LogP contribution is 2.35. The van der Waals surface area contributed by atoms with Gasteiger partial charge in [-0.25, -0.2) is 9.78 Å². The Labute approximate surface area is 113 Å². The van der Waals surface area contributed by atoms with Gasteiger partial charge in [0, 0.05) is 5.69 Å². The molecule has 0 aliphatic rings. The summed E-state index contributed by atoms with van der Waals surface area (Å²) >= 11 is 2.58. The molecule has 0 saturated carbocycles. The molecule has 0 radical (unpaired) electrons. The SMILES string of the molecule is CCOC(=O)c1cccc(N)c1Sc1ncns1. The number of nitrogen functional groups attached to an aromatic ring is 1. The maximum Gasteiger partial charge on any atom is 0.339 e. The Morgan fingerprint density at radius 3 is 3.06 bits per heavy atom. The molecule has 0 unspecified atom stereocenters. The van der Waals surface area contributed by atoms with Crippen LogP contribution in [0.5, 0.6) is 0 Å². The quantitative estimate of drug-likeness (QED) is 0.685. The third kappa shape index (κ3) is 2.80. The molecule has 1 aromatic carbocycles. The van der Waals surface area contributed by atoms with Crippen LogP contribution < -0.4 is 5.73 Å². The van der Waals surface area contributed by atoms with E-state index in [-0.39, 0.29) is 5.97 Å². The number of rotatable bonds is 4. The number of ether oxygens (including phenoxy) is 1. The number of anilines is 1. The molecule has 0 bridgehead atoms. The summed E-state index contributed by atoms with van der Waals surface area (Å²) in [7, 11) is 0. The zero-order valence-electron chi connectivity index (χ0n) is 9.62. The first kappa shape index (κ1) is 12.8. The lowest BCUT2D eigenvalue weighted by molar-refractivity contribution is 0.0522. The zero-order valence-corrected chi connectivity index (χ0v) is 11.3. The van der Waals surface area contributed by atoms with E-state index in [1.54, 1.807) is 25.1 Å². The van der Waals surface area contributed by atoms with E-state index in [4.69, 9.17) is 10.5 Å². The van der Waals surface area contributed by atoms with Crippen molar-refractivity contribution in [2.24, 2.45) is 0 Å². The van der Waals surface area contributed by atoms with Gasteiger partial charge in [-0.15, -0.1) is 0 Å². The molecule has 0 amide bonds. The van der Waals surface area contributed by atoms with E-state index < -0.39 is 0 Å². The van der Waals surface area contributed by atoms with Gasteiger partial charge in [0.2, 0.25) is 0 Å². The lowest BCUT2D eigenvalue weighted by atomic mass is 10.2. The molecule has 0 fully saturated rings. The van der Waals surface area contributed by atoms with Gasteiger partial charge in [-0.05, 0) is 30.6 Å². The smallest absolute Gasteiger partial charge is 0.339 e. The molecule has 1 aromatic heterocycles. The molecule has 0 atom stereocenters. The van der Waals surface area contributed by atoms with Crippen molar-refractivity contribution in [3.8, 4) is 0 Å². The van der Waals surface area contributed by atoms with Crippen molar-refractivity contribution in [2.45, 2.75) is 16.2 Å². The average Bonchev–Trinajstić information content (AvgIpc) is 2.85. The lowest BCUT2D eigenvalue weighted by Gasteiger charge is -2.09. The van der Waals surface area contributed by atoms with Crippen molar-refractivity contribution in [1.82, 2.24) is 9.36 Å². The van der Waals surface area contributed by atoms with Crippen LogP contribution >= 0.6 is 23.3 Å². The summed E-state index contributed by atoms with van der Waals surface area (Å²) in [5.41, 5.74) is 6.88. The first-order valence-electron chi connectivity index (χ1n) is 5.22. The highest BCUT2D eigenvalue weighted by atomic mass is 32.2. The average molecular weight is 281 g/mol. The number of benzene rings is 1. The fourth-order valence-electron chi connectivity index (χ4n) is 1.33. The van der Waals surface area contributed by atoms with Crippen molar-refractivity contribution < 1.29 is 9.53 Å². The van der Waals surface area contributed by atoms with Crippen molar-refractivity contribution in [3.63, 3.8) is 0 Å². The molecule has 2 aromatic rings. The van der Waals surface area contributed by atoms with E-state index in [0.29, 0.717) is 22.8 Å². The van der Waals surface area contributed by atoms with Gasteiger partial charge < -0.3 is 10.5 Å². The van der Waals surface area contributed by atoms with Crippen LogP contribution in [-0.2, 0) is 4.74 Å². The Morgan fingerprint density at radius 2 is 2.39 bits per heavy atom. The predicted octanol–water partition coefficient (Wildman–Crippen LogP) is 2.45. The molecule has 0 aliphatic heterocycles. The molecular formula is C11H11N3O2S2. The maximum atomic E-state index is 11.8. The highest BCUT2D eigenvalue weighted by Gasteiger charge is 2.16. The first-order chi connectivity index (χ1) is 8.72. The highest BCUT2D eigenvalue weighted by molar-refractivity contribution is 8.01. The van der Waals surface area contributed by atoms with E-state index in [2.05, 4.69) is 9.36 Å². The fourth-order valence-corrected chi connectivity index (χ4v) is 2.86. The van der Waals surface area contributed by atoms with Gasteiger partial charge >= 0.3 is 5.97 Å². The van der Waals surface area contributed by atoms with E-state index in [0.717, 1.165) is 4.34 Å². The summed E-state index contributed by atoms with van der Waals surface area (Å²) < 4.78 is 9.65. The third-order valence-corrected chi connectivity index (χ3v) is 3.95. The summed E-state index contributed by atoms with van der Waals surface area (Å²) in [6.45, 7) is 2.10. The zero-order chi connectivity index (χ0) is 13.0. The Kier molecular flexibility index (Phi) is 4.16. The number of nitrogens with two attached hydrogens (primary N) is 1. The van der Waals surface area contributed by atoms with Crippen LogP contribution in [0.15, 0.2) is 33.8 Å². The molecule has 2 N–H and O–H groups in total. The minimum atomic E-state index is -0.378. The van der Waals surface area contributed by atoms with Gasteiger partial charge in [-0.2, -0.15) is 4.37 Å². The number of carbonyl (C=O) groups is 1. The molecule has 2 rings (SSSR count). The molecule has 5 nitrogen and oxygen atoms in total. The summed E-state index contributed by atoms with van der Waals surface area (Å²) in [6.07, 6.45) is 1.47. The van der Waals surface area contributed by atoms with Crippen molar-refractivity contribution in [3.05, 3.63) is 30.1 Å². The van der Waals surface area contributed by atoms with Gasteiger partial charge in [-0.1, -0.05) is 17.8 Å². The molecule has 0 aliphatic carbocycles. The number of nitrogens with zero attached hydrogens (tertiary/aromatic N) is 2. The molecule has 7 heteroatoms. The van der Waals surface area contributed by atoms with Gasteiger partial charge in [-0.3, -0.25) is 0 Å². The van der Waals surface area contributed by atoms with Crippen LogP contribution in [0, 0.1) is 0 Å². The van der Waals surface area contributed by atoms with Gasteiger partial charge in [0.25, 0.3) is 0 Å². The van der Waals surface area contributed by atoms with Gasteiger partial charge in [0.15, 0.2) is 4.34 Å². The molecular weight excluding hydrogens is 270 g/mol. The number of esters is 1. The predicted molar refractivity (Wildman–Crippen MR) is 70.8 cm³/mol. The molecule has 0 spiro atoms. The van der Waals surface area contributed by atoms with Crippen molar-refractivity contribution in [1.29, 1.82) is 0 Å². The maximum absolute atomic E-state index is 11.8. The monoisotopic (exact) mass is 281 g/mol. The summed E-state index contributed by atoms with van der Waals surface area (Å²) in [5.74, 6) is -0.378. The Morgan fingerprint density at radius 1 is 1.56 bits per heavy atom. The van der Waals surface area contributed by atoms with Gasteiger partial charge in [0.05, 0.1) is 17.1 Å². The van der Waals surface area contributed by atoms with Crippen LogP contribution in [-0.4, -0.2) is 21.9 Å². The molecule has 0 saturated heterocycles.